The lowest BCUT2D eigenvalue weighted by Crippen LogP contribution is -2.28. The summed E-state index contributed by atoms with van der Waals surface area (Å²) in [6, 6.07) is 3.81. The van der Waals surface area contributed by atoms with Crippen molar-refractivity contribution in [3.05, 3.63) is 41.1 Å². The highest BCUT2D eigenvalue weighted by Crippen LogP contribution is 2.15. The first-order valence-electron chi connectivity index (χ1n) is 7.89. The molecule has 0 radical (unpaired) electrons. The lowest BCUT2D eigenvalue weighted by Gasteiger charge is -2.10. The number of amides is 1. The summed E-state index contributed by atoms with van der Waals surface area (Å²) in [6.45, 7) is 4.35. The van der Waals surface area contributed by atoms with Crippen molar-refractivity contribution in [3.63, 3.8) is 0 Å². The van der Waals surface area contributed by atoms with E-state index < -0.39 is 0 Å². The zero-order chi connectivity index (χ0) is 17.8. The Morgan fingerprint density at radius 2 is 2.24 bits per heavy atom. The molecule has 3 N–H and O–H groups in total. The second-order valence-corrected chi connectivity index (χ2v) is 6.71. The molecule has 3 aromatic rings. The molecule has 3 heterocycles. The van der Waals surface area contributed by atoms with Gasteiger partial charge in [-0.15, -0.1) is 5.10 Å². The van der Waals surface area contributed by atoms with Gasteiger partial charge in [-0.2, -0.15) is 21.3 Å². The molecule has 1 amide bonds. The number of carbonyl (C=O) groups is 1. The van der Waals surface area contributed by atoms with Crippen molar-refractivity contribution in [1.29, 1.82) is 0 Å². The monoisotopic (exact) mass is 360 g/mol. The summed E-state index contributed by atoms with van der Waals surface area (Å²) < 4.78 is 6.84. The molecular formula is C16H20N6O2S. The number of aryl methyl sites for hydroxylation is 2. The predicted molar refractivity (Wildman–Crippen MR) is 96.3 cm³/mol. The average molecular weight is 360 g/mol. The Labute approximate surface area is 149 Å². The predicted octanol–water partition coefficient (Wildman–Crippen LogP) is 1.51. The smallest absolute Gasteiger partial charge is 0.254 e. The van der Waals surface area contributed by atoms with Crippen LogP contribution in [0.25, 0.3) is 5.78 Å². The molecular weight excluding hydrogens is 340 g/mol. The molecule has 0 atom stereocenters. The van der Waals surface area contributed by atoms with Gasteiger partial charge in [0.1, 0.15) is 5.76 Å². The number of hydrogen-bond donors (Lipinski definition) is 2. The third kappa shape index (κ3) is 4.11. The molecule has 0 aliphatic carbocycles. The SMILES string of the molecule is Cc1nc2nc(N)nn2c(C)c1CC(=O)NCCSCc1ccco1. The first kappa shape index (κ1) is 17.3. The fraction of sp³-hybridized carbons (Fsp3) is 0.375. The van der Waals surface area contributed by atoms with E-state index >= 15 is 0 Å². The van der Waals surface area contributed by atoms with Gasteiger partial charge in [-0.1, -0.05) is 0 Å². The molecule has 0 saturated carbocycles. The summed E-state index contributed by atoms with van der Waals surface area (Å²) in [4.78, 5) is 20.6. The van der Waals surface area contributed by atoms with Crippen molar-refractivity contribution in [2.24, 2.45) is 0 Å². The summed E-state index contributed by atoms with van der Waals surface area (Å²) >= 11 is 1.71. The molecule has 0 fully saturated rings. The van der Waals surface area contributed by atoms with E-state index in [0.717, 1.165) is 34.2 Å². The molecule has 0 spiro atoms. The Morgan fingerprint density at radius 3 is 3.00 bits per heavy atom. The van der Waals surface area contributed by atoms with Crippen molar-refractivity contribution >= 4 is 29.4 Å². The van der Waals surface area contributed by atoms with Gasteiger partial charge < -0.3 is 15.5 Å². The summed E-state index contributed by atoms with van der Waals surface area (Å²) in [5.41, 5.74) is 8.06. The van der Waals surface area contributed by atoms with Crippen LogP contribution in [0.15, 0.2) is 22.8 Å². The van der Waals surface area contributed by atoms with Gasteiger partial charge >= 0.3 is 0 Å². The molecule has 0 saturated heterocycles. The van der Waals surface area contributed by atoms with Crippen molar-refractivity contribution < 1.29 is 9.21 Å². The average Bonchev–Trinajstić information content (AvgIpc) is 3.20. The maximum atomic E-state index is 12.2. The van der Waals surface area contributed by atoms with Gasteiger partial charge in [0, 0.05) is 29.2 Å². The fourth-order valence-corrected chi connectivity index (χ4v) is 3.29. The molecule has 8 nitrogen and oxygen atoms in total. The van der Waals surface area contributed by atoms with Crippen LogP contribution in [0.3, 0.4) is 0 Å². The second kappa shape index (κ2) is 7.56. The Balaban J connectivity index is 1.53. The molecule has 9 heteroatoms. The van der Waals surface area contributed by atoms with Crippen LogP contribution in [0, 0.1) is 13.8 Å². The zero-order valence-corrected chi connectivity index (χ0v) is 15.0. The van der Waals surface area contributed by atoms with Crippen LogP contribution < -0.4 is 11.1 Å². The van der Waals surface area contributed by atoms with Gasteiger partial charge in [0.05, 0.1) is 18.4 Å². The van der Waals surface area contributed by atoms with Crippen LogP contribution in [0.5, 0.6) is 0 Å². The highest BCUT2D eigenvalue weighted by molar-refractivity contribution is 7.98. The Morgan fingerprint density at radius 1 is 1.40 bits per heavy atom. The van der Waals surface area contributed by atoms with E-state index in [4.69, 9.17) is 10.2 Å². The number of carbonyl (C=O) groups excluding carboxylic acids is 1. The Bertz CT molecular complexity index is 875. The quantitative estimate of drug-likeness (QED) is 0.614. The number of fused-ring (bicyclic) bond motifs is 1. The minimum atomic E-state index is -0.0426. The maximum Gasteiger partial charge on any atom is 0.254 e. The summed E-state index contributed by atoms with van der Waals surface area (Å²) in [7, 11) is 0. The normalized spacial score (nSPS) is 11.1. The molecule has 132 valence electrons. The topological polar surface area (TPSA) is 111 Å². The molecule has 0 bridgehead atoms. The number of furan rings is 1. The number of thioether (sulfide) groups is 1. The third-order valence-electron chi connectivity index (χ3n) is 3.80. The number of nitrogens with two attached hydrogens (primary N) is 1. The van der Waals surface area contributed by atoms with Crippen LogP contribution in [0.2, 0.25) is 0 Å². The molecule has 0 aromatic carbocycles. The van der Waals surface area contributed by atoms with E-state index in [0.29, 0.717) is 12.3 Å². The van der Waals surface area contributed by atoms with Crippen LogP contribution in [0.4, 0.5) is 5.95 Å². The first-order chi connectivity index (χ1) is 12.0. The van der Waals surface area contributed by atoms with Gasteiger partial charge in [0.25, 0.3) is 5.78 Å². The fourth-order valence-electron chi connectivity index (χ4n) is 2.53. The Hall–Kier alpha value is -2.55. The van der Waals surface area contributed by atoms with E-state index in [1.165, 1.54) is 0 Å². The number of nitrogens with zero attached hydrogens (tertiary/aromatic N) is 4. The number of rotatable bonds is 7. The number of hydrogen-bond acceptors (Lipinski definition) is 7. The minimum Gasteiger partial charge on any atom is -0.468 e. The van der Waals surface area contributed by atoms with Crippen molar-refractivity contribution in [3.8, 4) is 0 Å². The van der Waals surface area contributed by atoms with Crippen molar-refractivity contribution in [2.45, 2.75) is 26.0 Å². The van der Waals surface area contributed by atoms with Crippen molar-refractivity contribution in [2.75, 3.05) is 18.0 Å². The number of anilines is 1. The van der Waals surface area contributed by atoms with Gasteiger partial charge in [0.2, 0.25) is 11.9 Å². The lowest BCUT2D eigenvalue weighted by molar-refractivity contribution is -0.120. The van der Waals surface area contributed by atoms with E-state index in [9.17, 15) is 4.79 Å². The maximum absolute atomic E-state index is 12.2. The minimum absolute atomic E-state index is 0.0426. The lowest BCUT2D eigenvalue weighted by atomic mass is 10.1. The zero-order valence-electron chi connectivity index (χ0n) is 14.2. The molecule has 0 unspecified atom stereocenters. The molecule has 3 aromatic heterocycles. The number of nitrogens with one attached hydrogen (secondary N) is 1. The molecule has 25 heavy (non-hydrogen) atoms. The molecule has 0 aliphatic heterocycles. The second-order valence-electron chi connectivity index (χ2n) is 5.60. The number of nitrogen functional groups attached to an aromatic ring is 1. The highest BCUT2D eigenvalue weighted by Gasteiger charge is 2.15. The summed E-state index contributed by atoms with van der Waals surface area (Å²) in [5, 5.41) is 7.04. The highest BCUT2D eigenvalue weighted by atomic mass is 32.2. The molecule has 0 aliphatic rings. The standard InChI is InChI=1S/C16H20N6O2S/c1-10-13(11(2)22-16(19-10)20-15(17)21-22)8-14(23)18-5-7-25-9-12-4-3-6-24-12/h3-4,6H,5,7-9H2,1-2H3,(H2,17,21)(H,18,23). The van der Waals surface area contributed by atoms with E-state index in [1.807, 2.05) is 26.0 Å². The van der Waals surface area contributed by atoms with Gasteiger partial charge in [0.15, 0.2) is 0 Å². The summed E-state index contributed by atoms with van der Waals surface area (Å²) in [6.07, 6.45) is 1.92. The summed E-state index contributed by atoms with van der Waals surface area (Å²) in [5.74, 6) is 3.14. The van der Waals surface area contributed by atoms with E-state index in [2.05, 4.69) is 20.4 Å². The first-order valence-corrected chi connectivity index (χ1v) is 9.05. The van der Waals surface area contributed by atoms with Crippen molar-refractivity contribution in [1.82, 2.24) is 24.9 Å². The van der Waals surface area contributed by atoms with Crippen LogP contribution in [-0.4, -0.2) is 37.8 Å². The number of aromatic nitrogens is 4. The third-order valence-corrected chi connectivity index (χ3v) is 4.78. The van der Waals surface area contributed by atoms with Crippen LogP contribution in [0.1, 0.15) is 22.7 Å². The van der Waals surface area contributed by atoms with Crippen LogP contribution in [-0.2, 0) is 17.0 Å². The van der Waals surface area contributed by atoms with E-state index in [1.54, 1.807) is 22.5 Å². The van der Waals surface area contributed by atoms with Gasteiger partial charge in [-0.05, 0) is 26.0 Å². The Kier molecular flexibility index (Phi) is 5.22. The van der Waals surface area contributed by atoms with Crippen LogP contribution >= 0.6 is 11.8 Å². The van der Waals surface area contributed by atoms with Gasteiger partial charge in [-0.25, -0.2) is 4.98 Å². The molecule has 3 rings (SSSR count). The van der Waals surface area contributed by atoms with Gasteiger partial charge in [-0.3, -0.25) is 4.79 Å². The largest absolute Gasteiger partial charge is 0.468 e. The van der Waals surface area contributed by atoms with E-state index in [-0.39, 0.29) is 18.3 Å².